The molecule has 0 heterocycles. The van der Waals surface area contributed by atoms with E-state index in [0.717, 1.165) is 0 Å². The summed E-state index contributed by atoms with van der Waals surface area (Å²) in [5.41, 5.74) is 0. The number of hydrogen-bond donors (Lipinski definition) is 0. The first kappa shape index (κ1) is 38.9. The van der Waals surface area contributed by atoms with Crippen molar-refractivity contribution in [1.29, 1.82) is 0 Å². The van der Waals surface area contributed by atoms with Gasteiger partial charge in [-0.2, -0.15) is 0 Å². The van der Waals surface area contributed by atoms with Crippen molar-refractivity contribution in [2.75, 3.05) is 0 Å². The van der Waals surface area contributed by atoms with E-state index >= 15 is 0 Å². The Morgan fingerprint density at radius 1 is 0.750 bits per heavy atom. The first-order chi connectivity index (χ1) is 0. The fraction of sp³-hybridized carbons (Fsp3) is 0. The maximum Gasteiger partial charge on any atom is 2.00 e. The maximum absolute atomic E-state index is 0. The van der Waals surface area contributed by atoms with Crippen molar-refractivity contribution in [1.82, 2.24) is 0 Å². The van der Waals surface area contributed by atoms with Gasteiger partial charge in [-0.25, -0.2) is 0 Å². The van der Waals surface area contributed by atoms with Gasteiger partial charge < -0.3 is 11.0 Å². The Kier molecular flexibility index (Phi) is 199. The molecule has 0 spiro atoms. The van der Waals surface area contributed by atoms with E-state index in [0.29, 0.717) is 0 Å². The van der Waals surface area contributed by atoms with E-state index in [9.17, 15) is 0 Å². The Labute approximate surface area is 72.3 Å². The van der Waals surface area contributed by atoms with Crippen LogP contribution in [0.15, 0.2) is 0 Å². The van der Waals surface area contributed by atoms with Crippen LogP contribution < -0.4 is 0 Å². The second-order valence-electron chi connectivity index (χ2n) is 0. The summed E-state index contributed by atoms with van der Waals surface area (Å²) in [6.45, 7) is 0. The molecule has 0 aliphatic heterocycles. The van der Waals surface area contributed by atoms with Gasteiger partial charge in [0, 0.05) is 0 Å². The summed E-state index contributed by atoms with van der Waals surface area (Å²) >= 11 is 0. The standard InChI is InChI=1S/Cu.2O.Sr/q+2;2*-2;+2. The Balaban J connectivity index is 0. The fourth-order valence-corrected chi connectivity index (χ4v) is 0. The summed E-state index contributed by atoms with van der Waals surface area (Å²) in [5, 5.41) is 0. The monoisotopic (exact) mass is 183 g/mol. The molecule has 0 saturated heterocycles. The van der Waals surface area contributed by atoms with Gasteiger partial charge in [0.05, 0.1) is 0 Å². The number of rotatable bonds is 0. The minimum absolute atomic E-state index is 0. The Hall–Kier alpha value is 1.92. The normalized spacial score (nSPS) is 0. The van der Waals surface area contributed by atoms with E-state index in [1.807, 2.05) is 0 Å². The molecule has 0 fully saturated rings. The zero-order chi connectivity index (χ0) is 0. The van der Waals surface area contributed by atoms with E-state index < -0.39 is 0 Å². The molecule has 4 heavy (non-hydrogen) atoms. The first-order valence-corrected chi connectivity index (χ1v) is 0. The predicted molar refractivity (Wildman–Crippen MR) is 7.13 cm³/mol. The third kappa shape index (κ3) is 9.07. The molecule has 0 aliphatic rings. The van der Waals surface area contributed by atoms with Crippen molar-refractivity contribution in [2.45, 2.75) is 0 Å². The second kappa shape index (κ2) is 20.5. The van der Waals surface area contributed by atoms with Crippen molar-refractivity contribution in [3.05, 3.63) is 0 Å². The number of hydrogen-bond acceptors (Lipinski definition) is 0. The molecule has 2 nitrogen and oxygen atoms in total. The van der Waals surface area contributed by atoms with Gasteiger partial charge in [-0.15, -0.1) is 0 Å². The molecule has 0 amide bonds. The smallest absolute Gasteiger partial charge is 2.00 e. The van der Waals surface area contributed by atoms with Crippen LogP contribution in [0.1, 0.15) is 0 Å². The molecule has 1 radical (unpaired) electrons. The minimum atomic E-state index is 0. The topological polar surface area (TPSA) is 57.0 Å². The van der Waals surface area contributed by atoms with Crippen LogP contribution in [0.4, 0.5) is 0 Å². The van der Waals surface area contributed by atoms with Gasteiger partial charge in [-0.3, -0.25) is 0 Å². The van der Waals surface area contributed by atoms with Crippen molar-refractivity contribution in [3.63, 3.8) is 0 Å². The zero-order valence-corrected chi connectivity index (χ0v) is 6.24. The Morgan fingerprint density at radius 3 is 0.750 bits per heavy atom. The molecule has 0 aromatic heterocycles. The molecule has 0 atom stereocenters. The molecule has 0 aromatic rings. The third-order valence-corrected chi connectivity index (χ3v) is 0. The SMILES string of the molecule is [Cu+2].[O-2].[O-2].[Sr+2]. The van der Waals surface area contributed by atoms with Crippen LogP contribution in [0.5, 0.6) is 0 Å². The molecule has 0 bridgehead atoms. The molecule has 0 saturated carbocycles. The van der Waals surface area contributed by atoms with Gasteiger partial charge >= 0.3 is 62.6 Å². The van der Waals surface area contributed by atoms with Crippen molar-refractivity contribution in [2.24, 2.45) is 0 Å². The van der Waals surface area contributed by atoms with Crippen LogP contribution >= 0.6 is 0 Å². The molecule has 0 unspecified atom stereocenters. The van der Waals surface area contributed by atoms with Crippen molar-refractivity contribution >= 4 is 45.5 Å². The Morgan fingerprint density at radius 2 is 0.750 bits per heavy atom. The van der Waals surface area contributed by atoms with E-state index in [-0.39, 0.29) is 73.5 Å². The maximum atomic E-state index is 0. The Bertz CT molecular complexity index is 6.00. The molecule has 0 N–H and O–H groups in total. The minimum Gasteiger partial charge on any atom is -2.00 e. The van der Waals surface area contributed by atoms with Gasteiger partial charge in [0.2, 0.25) is 0 Å². The van der Waals surface area contributed by atoms with E-state index in [1.54, 1.807) is 0 Å². The van der Waals surface area contributed by atoms with E-state index in [2.05, 4.69) is 0 Å². The summed E-state index contributed by atoms with van der Waals surface area (Å²) in [7, 11) is 0. The fourth-order valence-electron chi connectivity index (χ4n) is 0. The average molecular weight is 183 g/mol. The van der Waals surface area contributed by atoms with Crippen LogP contribution in [0.3, 0.4) is 0 Å². The summed E-state index contributed by atoms with van der Waals surface area (Å²) in [6, 6.07) is 0. The zero-order valence-electron chi connectivity index (χ0n) is 1.83. The molecule has 0 rings (SSSR count). The first-order valence-electron chi connectivity index (χ1n) is 0. The van der Waals surface area contributed by atoms with Gasteiger partial charge in [0.25, 0.3) is 0 Å². The quantitative estimate of drug-likeness (QED) is 0.449. The van der Waals surface area contributed by atoms with Gasteiger partial charge in [-0.1, -0.05) is 0 Å². The molecular formula is CuO2Sr. The predicted octanol–water partition coefficient (Wildman–Crippen LogP) is -0.621. The van der Waals surface area contributed by atoms with E-state index in [4.69, 9.17) is 0 Å². The van der Waals surface area contributed by atoms with Crippen LogP contribution in [0.2, 0.25) is 0 Å². The average Bonchev–Trinajstić information content (AvgIpc) is 0. The molecule has 4 heteroatoms. The molecule has 25 valence electrons. The van der Waals surface area contributed by atoms with Crippen molar-refractivity contribution < 1.29 is 28.0 Å². The molecular weight excluding hydrogens is 183 g/mol. The van der Waals surface area contributed by atoms with Gasteiger partial charge in [0.15, 0.2) is 0 Å². The van der Waals surface area contributed by atoms with Crippen LogP contribution in [0, 0.1) is 0 Å². The second-order valence-corrected chi connectivity index (χ2v) is 0. The van der Waals surface area contributed by atoms with Gasteiger partial charge in [0.1, 0.15) is 0 Å². The van der Waals surface area contributed by atoms with Crippen LogP contribution in [-0.2, 0) is 28.0 Å². The molecule has 0 aromatic carbocycles. The summed E-state index contributed by atoms with van der Waals surface area (Å²) < 4.78 is 0. The molecule has 0 aliphatic carbocycles. The van der Waals surface area contributed by atoms with Gasteiger partial charge in [-0.05, 0) is 0 Å². The summed E-state index contributed by atoms with van der Waals surface area (Å²) in [6.07, 6.45) is 0. The van der Waals surface area contributed by atoms with Crippen molar-refractivity contribution in [3.8, 4) is 0 Å². The summed E-state index contributed by atoms with van der Waals surface area (Å²) in [5.74, 6) is 0. The third-order valence-electron chi connectivity index (χ3n) is 0. The largest absolute Gasteiger partial charge is 2.00 e. The summed E-state index contributed by atoms with van der Waals surface area (Å²) in [4.78, 5) is 0. The van der Waals surface area contributed by atoms with E-state index in [1.165, 1.54) is 0 Å². The van der Waals surface area contributed by atoms with Crippen LogP contribution in [0.25, 0.3) is 0 Å². The van der Waals surface area contributed by atoms with Crippen LogP contribution in [-0.4, -0.2) is 45.5 Å².